The van der Waals surface area contributed by atoms with Gasteiger partial charge in [0.2, 0.25) is 10.0 Å². The zero-order valence-corrected chi connectivity index (χ0v) is 22.5. The fourth-order valence-corrected chi connectivity index (χ4v) is 4.63. The van der Waals surface area contributed by atoms with E-state index in [1.165, 1.54) is 32.3 Å². The molecule has 9 nitrogen and oxygen atoms in total. The van der Waals surface area contributed by atoms with Gasteiger partial charge in [0.15, 0.2) is 0 Å². The van der Waals surface area contributed by atoms with Gasteiger partial charge in [-0.1, -0.05) is 30.3 Å². The lowest BCUT2D eigenvalue weighted by molar-refractivity contribution is -0.112. The van der Waals surface area contributed by atoms with Crippen molar-refractivity contribution in [1.29, 1.82) is 5.26 Å². The lowest BCUT2D eigenvalue weighted by Gasteiger charge is -2.11. The van der Waals surface area contributed by atoms with Crippen LogP contribution in [0, 0.1) is 11.3 Å². The molecule has 10 heteroatoms. The van der Waals surface area contributed by atoms with Crippen LogP contribution in [0.1, 0.15) is 12.5 Å². The normalized spacial score (nSPS) is 11.7. The molecular weight excluding hydrogens is 514 g/mol. The number of benzene rings is 3. The highest BCUT2D eigenvalue weighted by atomic mass is 32.2. The number of carbonyl (C=O) groups excluding carboxylic acids is 1. The van der Waals surface area contributed by atoms with Gasteiger partial charge in [-0.05, 0) is 61.5 Å². The standard InChI is InChI=1S/C29H27N5O4S/c1-4-38-26-14-12-24(13-15-26)31-29(35)22(19-30)18-23-20-34(25-8-6-5-7-9-25)32-28(23)21-10-16-27(17-11-21)39(36,37)33(2)3/h5-18,20H,4H2,1-3H3,(H,31,35). The molecule has 1 N–H and O–H groups in total. The van der Waals surface area contributed by atoms with Gasteiger partial charge in [-0.2, -0.15) is 10.4 Å². The topological polar surface area (TPSA) is 117 Å². The number of anilines is 1. The highest BCUT2D eigenvalue weighted by Crippen LogP contribution is 2.28. The number of nitrogens with zero attached hydrogens (tertiary/aromatic N) is 4. The molecule has 0 radical (unpaired) electrons. The van der Waals surface area contributed by atoms with Crippen LogP contribution in [0.2, 0.25) is 0 Å². The molecule has 0 unspecified atom stereocenters. The van der Waals surface area contributed by atoms with Crippen LogP contribution >= 0.6 is 0 Å². The SMILES string of the molecule is CCOc1ccc(NC(=O)C(C#N)=Cc2cn(-c3ccccc3)nc2-c2ccc(S(=O)(=O)N(C)C)cc2)cc1. The lowest BCUT2D eigenvalue weighted by Crippen LogP contribution is -2.22. The Hall–Kier alpha value is -4.72. The third kappa shape index (κ3) is 6.23. The summed E-state index contributed by atoms with van der Waals surface area (Å²) in [5.74, 6) is 0.0985. The molecule has 1 amide bonds. The Kier molecular flexibility index (Phi) is 8.24. The summed E-state index contributed by atoms with van der Waals surface area (Å²) in [6.07, 6.45) is 3.19. The molecule has 0 bridgehead atoms. The second-order valence-electron chi connectivity index (χ2n) is 8.61. The van der Waals surface area contributed by atoms with Crippen molar-refractivity contribution in [3.8, 4) is 28.8 Å². The predicted octanol–water partition coefficient (Wildman–Crippen LogP) is 4.73. The molecule has 198 valence electrons. The molecule has 0 aliphatic heterocycles. The van der Waals surface area contributed by atoms with Crippen molar-refractivity contribution in [2.75, 3.05) is 26.0 Å². The first-order chi connectivity index (χ1) is 18.7. The number of nitrogens with one attached hydrogen (secondary N) is 1. The Labute approximate surface area is 227 Å². The second-order valence-corrected chi connectivity index (χ2v) is 10.8. The molecule has 0 spiro atoms. The zero-order valence-electron chi connectivity index (χ0n) is 21.7. The maximum absolute atomic E-state index is 13.0. The van der Waals surface area contributed by atoms with Crippen LogP contribution < -0.4 is 10.1 Å². The first-order valence-corrected chi connectivity index (χ1v) is 13.5. The van der Waals surface area contributed by atoms with Crippen molar-refractivity contribution < 1.29 is 17.9 Å². The van der Waals surface area contributed by atoms with Crippen molar-refractivity contribution in [2.24, 2.45) is 0 Å². The van der Waals surface area contributed by atoms with E-state index in [9.17, 15) is 18.5 Å². The van der Waals surface area contributed by atoms with E-state index in [0.717, 1.165) is 9.99 Å². The highest BCUT2D eigenvalue weighted by molar-refractivity contribution is 7.89. The van der Waals surface area contributed by atoms with Crippen LogP contribution in [0.25, 0.3) is 23.0 Å². The molecule has 39 heavy (non-hydrogen) atoms. The van der Waals surface area contributed by atoms with Crippen LogP contribution in [0.4, 0.5) is 5.69 Å². The maximum atomic E-state index is 13.0. The largest absolute Gasteiger partial charge is 0.494 e. The van der Waals surface area contributed by atoms with Crippen molar-refractivity contribution in [2.45, 2.75) is 11.8 Å². The predicted molar refractivity (Wildman–Crippen MR) is 150 cm³/mol. The minimum Gasteiger partial charge on any atom is -0.494 e. The summed E-state index contributed by atoms with van der Waals surface area (Å²) in [7, 11) is -0.666. The summed E-state index contributed by atoms with van der Waals surface area (Å²) >= 11 is 0. The summed E-state index contributed by atoms with van der Waals surface area (Å²) in [5, 5.41) is 17.2. The Balaban J connectivity index is 1.71. The molecule has 0 atom stereocenters. The first kappa shape index (κ1) is 27.3. The fourth-order valence-electron chi connectivity index (χ4n) is 3.73. The second kappa shape index (κ2) is 11.8. The Morgan fingerprint density at radius 1 is 1.05 bits per heavy atom. The Morgan fingerprint density at radius 2 is 1.72 bits per heavy atom. The number of para-hydroxylation sites is 1. The van der Waals surface area contributed by atoms with Crippen molar-refractivity contribution in [3.63, 3.8) is 0 Å². The third-order valence-corrected chi connectivity index (χ3v) is 7.59. The zero-order chi connectivity index (χ0) is 28.0. The van der Waals surface area contributed by atoms with Crippen LogP contribution in [0.15, 0.2) is 95.5 Å². The highest BCUT2D eigenvalue weighted by Gasteiger charge is 2.19. The Bertz CT molecular complexity index is 1630. The Morgan fingerprint density at radius 3 is 2.31 bits per heavy atom. The number of nitriles is 1. The van der Waals surface area contributed by atoms with E-state index in [4.69, 9.17) is 9.84 Å². The van der Waals surface area contributed by atoms with Crippen LogP contribution in [-0.2, 0) is 14.8 Å². The lowest BCUT2D eigenvalue weighted by atomic mass is 10.1. The molecule has 0 fully saturated rings. The smallest absolute Gasteiger partial charge is 0.266 e. The van der Waals surface area contributed by atoms with E-state index in [-0.39, 0.29) is 10.5 Å². The summed E-state index contributed by atoms with van der Waals surface area (Å²) in [5.41, 5.74) is 2.79. The molecule has 0 aliphatic carbocycles. The number of hydrogen-bond donors (Lipinski definition) is 1. The summed E-state index contributed by atoms with van der Waals surface area (Å²) in [4.78, 5) is 13.1. The monoisotopic (exact) mass is 541 g/mol. The summed E-state index contributed by atoms with van der Waals surface area (Å²) in [6, 6.07) is 24.5. The minimum absolute atomic E-state index is 0.121. The quantitative estimate of drug-likeness (QED) is 0.242. The summed E-state index contributed by atoms with van der Waals surface area (Å²) in [6.45, 7) is 2.41. The molecule has 3 aromatic carbocycles. The van der Waals surface area contributed by atoms with E-state index < -0.39 is 15.9 Å². The minimum atomic E-state index is -3.60. The van der Waals surface area contributed by atoms with Crippen molar-refractivity contribution in [1.82, 2.24) is 14.1 Å². The number of hydrogen-bond acceptors (Lipinski definition) is 6. The van der Waals surface area contributed by atoms with E-state index in [1.807, 2.05) is 43.3 Å². The molecule has 1 aromatic heterocycles. The van der Waals surface area contributed by atoms with Crippen LogP contribution in [0.5, 0.6) is 5.75 Å². The van der Waals surface area contributed by atoms with E-state index in [2.05, 4.69) is 5.32 Å². The number of amides is 1. The van der Waals surface area contributed by atoms with Gasteiger partial charge >= 0.3 is 0 Å². The average Bonchev–Trinajstić information content (AvgIpc) is 3.37. The number of aromatic nitrogens is 2. The van der Waals surface area contributed by atoms with Gasteiger partial charge in [0.05, 0.1) is 22.9 Å². The molecule has 0 saturated carbocycles. The molecular formula is C29H27N5O4S. The number of rotatable bonds is 9. The van der Waals surface area contributed by atoms with Gasteiger partial charge in [-0.25, -0.2) is 17.4 Å². The molecule has 4 rings (SSSR count). The van der Waals surface area contributed by atoms with Crippen LogP contribution in [0.3, 0.4) is 0 Å². The maximum Gasteiger partial charge on any atom is 0.266 e. The van der Waals surface area contributed by atoms with E-state index >= 15 is 0 Å². The van der Waals surface area contributed by atoms with Gasteiger partial charge in [-0.3, -0.25) is 4.79 Å². The average molecular weight is 542 g/mol. The van der Waals surface area contributed by atoms with Gasteiger partial charge < -0.3 is 10.1 Å². The number of carbonyl (C=O) groups is 1. The third-order valence-electron chi connectivity index (χ3n) is 5.76. The van der Waals surface area contributed by atoms with Gasteiger partial charge in [0.25, 0.3) is 5.91 Å². The molecule has 0 saturated heterocycles. The molecule has 4 aromatic rings. The van der Waals surface area contributed by atoms with Gasteiger partial charge in [0, 0.05) is 37.1 Å². The van der Waals surface area contributed by atoms with E-state index in [1.54, 1.807) is 47.3 Å². The molecule has 1 heterocycles. The van der Waals surface area contributed by atoms with Crippen LogP contribution in [-0.4, -0.2) is 49.1 Å². The van der Waals surface area contributed by atoms with Gasteiger partial charge in [-0.15, -0.1) is 0 Å². The number of sulfonamides is 1. The number of ether oxygens (including phenoxy) is 1. The first-order valence-electron chi connectivity index (χ1n) is 12.1. The van der Waals surface area contributed by atoms with Gasteiger partial charge in [0.1, 0.15) is 17.4 Å². The summed E-state index contributed by atoms with van der Waals surface area (Å²) < 4.78 is 33.2. The van der Waals surface area contributed by atoms with E-state index in [0.29, 0.717) is 34.9 Å². The van der Waals surface area contributed by atoms with Crippen molar-refractivity contribution in [3.05, 3.63) is 96.2 Å². The molecule has 0 aliphatic rings. The van der Waals surface area contributed by atoms with Crippen molar-refractivity contribution >= 4 is 27.7 Å². The fraction of sp³-hybridized carbons (Fsp3) is 0.138.